The zero-order valence-corrected chi connectivity index (χ0v) is 10.4. The summed E-state index contributed by atoms with van der Waals surface area (Å²) in [4.78, 5) is 42.8. The molecule has 1 rings (SSSR count). The molecule has 106 valence electrons. The van der Waals surface area contributed by atoms with Gasteiger partial charge in [-0.3, -0.25) is 9.13 Å². The smallest absolute Gasteiger partial charge is 0.351 e. The van der Waals surface area contributed by atoms with Gasteiger partial charge in [0.15, 0.2) is 6.10 Å². The number of aromatic nitrogens is 2. The third-order valence-corrected chi connectivity index (χ3v) is 2.46. The molecular formula is C8H12N3O7P. The van der Waals surface area contributed by atoms with Crippen LogP contribution in [0.5, 0.6) is 0 Å². The van der Waals surface area contributed by atoms with Crippen molar-refractivity contribution < 1.29 is 29.0 Å². The summed E-state index contributed by atoms with van der Waals surface area (Å²) in [7, 11) is -4.49. The summed E-state index contributed by atoms with van der Waals surface area (Å²) in [5.74, 6) is -1.48. The van der Waals surface area contributed by atoms with E-state index in [0.717, 1.165) is 4.57 Å². The first kappa shape index (κ1) is 15.3. The van der Waals surface area contributed by atoms with Crippen LogP contribution < -0.4 is 11.4 Å². The van der Waals surface area contributed by atoms with E-state index in [1.807, 2.05) is 0 Å². The first-order chi connectivity index (χ1) is 8.69. The van der Waals surface area contributed by atoms with Crippen molar-refractivity contribution in [3.05, 3.63) is 22.7 Å². The van der Waals surface area contributed by atoms with E-state index in [9.17, 15) is 14.2 Å². The maximum atomic E-state index is 11.4. The molecule has 0 aliphatic rings. The summed E-state index contributed by atoms with van der Waals surface area (Å²) < 4.78 is 16.1. The van der Waals surface area contributed by atoms with Crippen LogP contribution in [0.4, 0.5) is 5.82 Å². The predicted octanol–water partition coefficient (Wildman–Crippen LogP) is -1.57. The number of carboxylic acid groups (broad SMARTS) is 1. The van der Waals surface area contributed by atoms with Crippen LogP contribution in [0.1, 0.15) is 0 Å². The number of nitrogens with two attached hydrogens (primary N) is 1. The zero-order chi connectivity index (χ0) is 14.6. The highest BCUT2D eigenvalue weighted by molar-refractivity contribution is 7.51. The lowest BCUT2D eigenvalue weighted by Gasteiger charge is -2.15. The molecule has 5 N–H and O–H groups in total. The van der Waals surface area contributed by atoms with Crippen molar-refractivity contribution in [1.29, 1.82) is 0 Å². The van der Waals surface area contributed by atoms with Crippen LogP contribution in [0, 0.1) is 0 Å². The molecule has 0 aromatic carbocycles. The first-order valence-corrected chi connectivity index (χ1v) is 6.71. The standard InChI is InChI=1S/C8H12N3O7P/c9-6-1-2-11(8(14)10-6)3-5(7(12)13)18-4-19(15,16)17/h1-2,5H,3-4H2,(H,12,13)(H2,9,10,14)(H2,15,16,17)/t5-/m0/s1. The van der Waals surface area contributed by atoms with E-state index in [2.05, 4.69) is 9.72 Å². The molecule has 0 saturated carbocycles. The lowest BCUT2D eigenvalue weighted by molar-refractivity contribution is -0.150. The molecule has 19 heavy (non-hydrogen) atoms. The normalized spacial score (nSPS) is 13.2. The molecule has 0 spiro atoms. The minimum Gasteiger partial charge on any atom is -0.479 e. The molecule has 1 atom stereocenters. The summed E-state index contributed by atoms with van der Waals surface area (Å²) in [5.41, 5.74) is 4.47. The molecule has 0 aliphatic heterocycles. The minimum absolute atomic E-state index is 0.0238. The lowest BCUT2D eigenvalue weighted by Crippen LogP contribution is -2.34. The fourth-order valence-electron chi connectivity index (χ4n) is 1.15. The van der Waals surface area contributed by atoms with Crippen LogP contribution in [0.25, 0.3) is 0 Å². The Hall–Kier alpha value is -1.74. The summed E-state index contributed by atoms with van der Waals surface area (Å²) in [6.07, 6.45) is -1.43. The van der Waals surface area contributed by atoms with Gasteiger partial charge in [0.2, 0.25) is 0 Å². The van der Waals surface area contributed by atoms with Crippen LogP contribution in [-0.4, -0.2) is 42.9 Å². The Balaban J connectivity index is 2.81. The van der Waals surface area contributed by atoms with Crippen molar-refractivity contribution in [3.63, 3.8) is 0 Å². The highest BCUT2D eigenvalue weighted by Gasteiger charge is 2.24. The summed E-state index contributed by atoms with van der Waals surface area (Å²) in [5, 5.41) is 8.84. The third-order valence-electron chi connectivity index (χ3n) is 1.98. The fraction of sp³-hybridized carbons (Fsp3) is 0.375. The number of carbonyl (C=O) groups is 1. The zero-order valence-electron chi connectivity index (χ0n) is 9.54. The van der Waals surface area contributed by atoms with E-state index >= 15 is 0 Å². The van der Waals surface area contributed by atoms with Gasteiger partial charge in [0, 0.05) is 6.20 Å². The van der Waals surface area contributed by atoms with Gasteiger partial charge in [0.25, 0.3) is 0 Å². The average molecular weight is 293 g/mol. The minimum atomic E-state index is -4.49. The van der Waals surface area contributed by atoms with Gasteiger partial charge in [0.05, 0.1) is 6.54 Å². The number of ether oxygens (including phenoxy) is 1. The van der Waals surface area contributed by atoms with Crippen LogP contribution in [0.3, 0.4) is 0 Å². The number of hydrogen-bond acceptors (Lipinski definition) is 6. The molecule has 1 heterocycles. The van der Waals surface area contributed by atoms with E-state index in [1.54, 1.807) is 0 Å². The van der Waals surface area contributed by atoms with Crippen molar-refractivity contribution >= 4 is 19.4 Å². The predicted molar refractivity (Wildman–Crippen MR) is 62.3 cm³/mol. The number of nitrogens with zero attached hydrogens (tertiary/aromatic N) is 2. The third kappa shape index (κ3) is 5.18. The molecule has 11 heteroatoms. The number of nitrogen functional groups attached to an aromatic ring is 1. The van der Waals surface area contributed by atoms with Gasteiger partial charge >= 0.3 is 19.3 Å². The Kier molecular flexibility index (Phi) is 4.78. The molecule has 0 fully saturated rings. The molecule has 1 aromatic heterocycles. The van der Waals surface area contributed by atoms with Gasteiger partial charge in [-0.2, -0.15) is 4.98 Å². The van der Waals surface area contributed by atoms with Crippen molar-refractivity contribution in [2.45, 2.75) is 12.6 Å². The Morgan fingerprint density at radius 2 is 2.21 bits per heavy atom. The molecule has 10 nitrogen and oxygen atoms in total. The summed E-state index contributed by atoms with van der Waals surface area (Å²) in [6.45, 7) is -0.443. The van der Waals surface area contributed by atoms with Gasteiger partial charge < -0.3 is 25.4 Å². The van der Waals surface area contributed by atoms with Crippen LogP contribution in [0.2, 0.25) is 0 Å². The van der Waals surface area contributed by atoms with Crippen LogP contribution in [-0.2, 0) is 20.6 Å². The average Bonchev–Trinajstić information content (AvgIpc) is 2.24. The van der Waals surface area contributed by atoms with Crippen molar-refractivity contribution in [2.75, 3.05) is 12.1 Å². The second-order valence-corrected chi connectivity index (χ2v) is 5.16. The number of aliphatic carboxylic acids is 1. The van der Waals surface area contributed by atoms with E-state index in [1.165, 1.54) is 12.3 Å². The van der Waals surface area contributed by atoms with Gasteiger partial charge in [0.1, 0.15) is 12.2 Å². The molecular weight excluding hydrogens is 281 g/mol. The largest absolute Gasteiger partial charge is 0.479 e. The van der Waals surface area contributed by atoms with Crippen molar-refractivity contribution in [2.24, 2.45) is 0 Å². The van der Waals surface area contributed by atoms with E-state index in [4.69, 9.17) is 20.6 Å². The molecule has 1 aromatic rings. The molecule has 0 unspecified atom stereocenters. The van der Waals surface area contributed by atoms with Crippen molar-refractivity contribution in [3.8, 4) is 0 Å². The monoisotopic (exact) mass is 293 g/mol. The SMILES string of the molecule is Nc1ccn(C[C@H](OCP(=O)(O)O)C(=O)O)c(=O)n1. The van der Waals surface area contributed by atoms with Crippen molar-refractivity contribution in [1.82, 2.24) is 9.55 Å². The number of carboxylic acids is 1. The van der Waals surface area contributed by atoms with E-state index < -0.39 is 38.3 Å². The molecule has 0 saturated heterocycles. The Labute approximate surface area is 106 Å². The van der Waals surface area contributed by atoms with Gasteiger partial charge in [-0.1, -0.05) is 0 Å². The molecule has 0 radical (unpaired) electrons. The van der Waals surface area contributed by atoms with Crippen LogP contribution in [0.15, 0.2) is 17.1 Å². The lowest BCUT2D eigenvalue weighted by atomic mass is 10.3. The topological polar surface area (TPSA) is 165 Å². The maximum Gasteiger partial charge on any atom is 0.351 e. The highest BCUT2D eigenvalue weighted by Crippen LogP contribution is 2.34. The van der Waals surface area contributed by atoms with Crippen LogP contribution >= 0.6 is 7.60 Å². The quantitative estimate of drug-likeness (QED) is 0.453. The summed E-state index contributed by atoms with van der Waals surface area (Å²) in [6, 6.07) is 1.28. The van der Waals surface area contributed by atoms with Gasteiger partial charge in [-0.25, -0.2) is 9.59 Å². The molecule has 0 aliphatic carbocycles. The summed E-state index contributed by atoms with van der Waals surface area (Å²) >= 11 is 0. The Morgan fingerprint density at radius 1 is 1.58 bits per heavy atom. The molecule has 0 amide bonds. The molecule has 0 bridgehead atoms. The number of rotatable bonds is 6. The Morgan fingerprint density at radius 3 is 2.68 bits per heavy atom. The number of hydrogen-bond donors (Lipinski definition) is 4. The second kappa shape index (κ2) is 5.93. The maximum absolute atomic E-state index is 11.4. The van der Waals surface area contributed by atoms with E-state index in [-0.39, 0.29) is 5.82 Å². The highest BCUT2D eigenvalue weighted by atomic mass is 31.2. The second-order valence-electron chi connectivity index (χ2n) is 3.57. The first-order valence-electron chi connectivity index (χ1n) is 4.91. The number of anilines is 1. The van der Waals surface area contributed by atoms with Gasteiger partial charge in [-0.15, -0.1) is 0 Å². The Bertz CT molecular complexity index is 566. The van der Waals surface area contributed by atoms with Gasteiger partial charge in [-0.05, 0) is 6.07 Å². The van der Waals surface area contributed by atoms with E-state index in [0.29, 0.717) is 0 Å². The fourth-order valence-corrected chi connectivity index (χ4v) is 1.52.